The van der Waals surface area contributed by atoms with Crippen molar-refractivity contribution in [1.29, 1.82) is 0 Å². The van der Waals surface area contributed by atoms with E-state index in [4.69, 9.17) is 4.74 Å². The van der Waals surface area contributed by atoms with Crippen molar-refractivity contribution in [2.24, 2.45) is 0 Å². The number of hydrogen-bond acceptors (Lipinski definition) is 2. The summed E-state index contributed by atoms with van der Waals surface area (Å²) in [6.07, 6.45) is 7.92. The molecule has 0 bridgehead atoms. The number of carbonyl (C=O) groups is 1. The molecule has 2 heteroatoms. The van der Waals surface area contributed by atoms with Gasteiger partial charge in [-0.3, -0.25) is 4.79 Å². The van der Waals surface area contributed by atoms with E-state index in [-0.39, 0.29) is 5.60 Å². The largest absolute Gasteiger partial charge is 0.487 e. The van der Waals surface area contributed by atoms with Gasteiger partial charge in [0, 0.05) is 6.42 Å². The topological polar surface area (TPSA) is 26.3 Å². The van der Waals surface area contributed by atoms with Crippen LogP contribution in [0.3, 0.4) is 0 Å². The van der Waals surface area contributed by atoms with Crippen LogP contribution < -0.4 is 4.74 Å². The zero-order valence-corrected chi connectivity index (χ0v) is 15.0. The summed E-state index contributed by atoms with van der Waals surface area (Å²) in [4.78, 5) is 11.1. The van der Waals surface area contributed by atoms with Gasteiger partial charge in [-0.2, -0.15) is 0 Å². The molecule has 0 spiro atoms. The van der Waals surface area contributed by atoms with Crippen molar-refractivity contribution in [3.8, 4) is 5.75 Å². The fourth-order valence-corrected chi connectivity index (χ4v) is 2.13. The van der Waals surface area contributed by atoms with E-state index in [2.05, 4.69) is 32.6 Å². The summed E-state index contributed by atoms with van der Waals surface area (Å²) in [7, 11) is 0. The van der Waals surface area contributed by atoms with Crippen LogP contribution in [0.5, 0.6) is 5.75 Å². The van der Waals surface area contributed by atoms with Crippen LogP contribution in [0, 0.1) is 0 Å². The summed E-state index contributed by atoms with van der Waals surface area (Å²) in [6, 6.07) is 7.31. The molecule has 0 aliphatic carbocycles. The summed E-state index contributed by atoms with van der Waals surface area (Å²) in [5.74, 6) is 0.630. The third kappa shape index (κ3) is 7.67. The van der Waals surface area contributed by atoms with E-state index in [1.54, 1.807) is 6.07 Å². The Balaban J connectivity index is 2.65. The average molecular weight is 312 g/mol. The molecule has 0 atom stereocenters. The van der Waals surface area contributed by atoms with E-state index in [9.17, 15) is 4.79 Å². The molecule has 0 radical (unpaired) electrons. The predicted molar refractivity (Wildman–Crippen MR) is 97.1 cm³/mol. The fourth-order valence-electron chi connectivity index (χ4n) is 2.13. The van der Waals surface area contributed by atoms with Gasteiger partial charge in [-0.25, -0.2) is 0 Å². The van der Waals surface area contributed by atoms with E-state index in [1.165, 1.54) is 11.1 Å². The quantitative estimate of drug-likeness (QED) is 0.339. The van der Waals surface area contributed by atoms with Gasteiger partial charge in [0.25, 0.3) is 0 Å². The van der Waals surface area contributed by atoms with Crippen LogP contribution in [0.4, 0.5) is 0 Å². The smallest absolute Gasteiger partial charge is 0.153 e. The number of allylic oxidation sites excluding steroid dienone is 2. The molecule has 0 aliphatic heterocycles. The minimum Gasteiger partial charge on any atom is -0.487 e. The SMILES string of the molecule is CC(=C=CCC(C)(C)Oc1ccccc1C=O)CCC=C(C)C. The van der Waals surface area contributed by atoms with E-state index in [1.807, 2.05) is 38.1 Å². The molecule has 1 aromatic carbocycles. The van der Waals surface area contributed by atoms with Gasteiger partial charge in [-0.05, 0) is 71.2 Å². The molecule has 0 fully saturated rings. The predicted octanol–water partition coefficient (Wildman–Crippen LogP) is 5.89. The van der Waals surface area contributed by atoms with Crippen LogP contribution >= 0.6 is 0 Å². The molecule has 124 valence electrons. The van der Waals surface area contributed by atoms with Gasteiger partial charge in [0.05, 0.1) is 5.56 Å². The molecule has 0 amide bonds. The molecule has 0 saturated carbocycles. The van der Waals surface area contributed by atoms with E-state index in [0.717, 1.165) is 25.5 Å². The second-order valence-electron chi connectivity index (χ2n) is 6.67. The molecule has 23 heavy (non-hydrogen) atoms. The summed E-state index contributed by atoms with van der Waals surface area (Å²) in [6.45, 7) is 10.4. The van der Waals surface area contributed by atoms with Crippen molar-refractivity contribution in [1.82, 2.24) is 0 Å². The second-order valence-corrected chi connectivity index (χ2v) is 6.67. The molecule has 0 N–H and O–H groups in total. The first-order valence-corrected chi connectivity index (χ1v) is 8.11. The monoisotopic (exact) mass is 312 g/mol. The molecule has 1 aromatic rings. The highest BCUT2D eigenvalue weighted by atomic mass is 16.5. The lowest BCUT2D eigenvalue weighted by atomic mass is 10.0. The molecule has 0 unspecified atom stereocenters. The number of carbonyl (C=O) groups excluding carboxylic acids is 1. The van der Waals surface area contributed by atoms with Crippen molar-refractivity contribution in [3.05, 3.63) is 58.9 Å². The van der Waals surface area contributed by atoms with Crippen LogP contribution in [0.1, 0.15) is 64.2 Å². The molecule has 2 nitrogen and oxygen atoms in total. The Bertz CT molecular complexity index is 610. The molecule has 0 aromatic heterocycles. The van der Waals surface area contributed by atoms with Gasteiger partial charge >= 0.3 is 0 Å². The molecule has 0 aliphatic rings. The van der Waals surface area contributed by atoms with E-state index in [0.29, 0.717) is 11.3 Å². The first-order chi connectivity index (χ1) is 10.8. The first kappa shape index (κ1) is 19.0. The highest BCUT2D eigenvalue weighted by Crippen LogP contribution is 2.24. The fraction of sp³-hybridized carbons (Fsp3) is 0.429. The van der Waals surface area contributed by atoms with Crippen LogP contribution in [0.25, 0.3) is 0 Å². The zero-order chi connectivity index (χ0) is 17.3. The highest BCUT2D eigenvalue weighted by molar-refractivity contribution is 5.79. The molecule has 0 heterocycles. The Morgan fingerprint density at radius 3 is 2.57 bits per heavy atom. The van der Waals surface area contributed by atoms with Crippen LogP contribution in [0.15, 0.2) is 53.3 Å². The van der Waals surface area contributed by atoms with Crippen LogP contribution in [-0.2, 0) is 0 Å². The summed E-state index contributed by atoms with van der Waals surface area (Å²) in [5, 5.41) is 0. The van der Waals surface area contributed by atoms with Crippen LogP contribution in [-0.4, -0.2) is 11.9 Å². The highest BCUT2D eigenvalue weighted by Gasteiger charge is 2.19. The lowest BCUT2D eigenvalue weighted by molar-refractivity contribution is 0.105. The maximum Gasteiger partial charge on any atom is 0.153 e. The summed E-state index contributed by atoms with van der Waals surface area (Å²) >= 11 is 0. The van der Waals surface area contributed by atoms with Gasteiger partial charge in [0.1, 0.15) is 11.4 Å². The van der Waals surface area contributed by atoms with Gasteiger partial charge in [0.2, 0.25) is 0 Å². The van der Waals surface area contributed by atoms with Crippen molar-refractivity contribution in [2.45, 2.75) is 59.5 Å². The number of para-hydroxylation sites is 1. The third-order valence-corrected chi connectivity index (χ3v) is 3.45. The van der Waals surface area contributed by atoms with E-state index >= 15 is 0 Å². The Morgan fingerprint density at radius 2 is 1.91 bits per heavy atom. The van der Waals surface area contributed by atoms with Gasteiger partial charge in [-0.1, -0.05) is 23.8 Å². The minimum absolute atomic E-state index is 0.383. The van der Waals surface area contributed by atoms with Crippen molar-refractivity contribution in [3.63, 3.8) is 0 Å². The van der Waals surface area contributed by atoms with Crippen molar-refractivity contribution >= 4 is 6.29 Å². The Morgan fingerprint density at radius 1 is 1.22 bits per heavy atom. The normalized spacial score (nSPS) is 10.5. The Labute approximate surface area is 140 Å². The van der Waals surface area contributed by atoms with Gasteiger partial charge < -0.3 is 4.74 Å². The number of aldehydes is 1. The molecule has 0 saturated heterocycles. The summed E-state index contributed by atoms with van der Waals surface area (Å²) in [5.41, 5.74) is 6.13. The zero-order valence-electron chi connectivity index (χ0n) is 15.0. The van der Waals surface area contributed by atoms with Gasteiger partial charge in [-0.15, -0.1) is 5.73 Å². The number of hydrogen-bond donors (Lipinski definition) is 0. The number of benzene rings is 1. The standard InChI is InChI=1S/C21H28O2/c1-17(2)10-8-11-18(3)12-9-15-21(4,5)23-20-14-7-6-13-19(20)16-22/h6-7,9-10,13-14,16H,8,11,15H2,1-5H3. The number of ether oxygens (including phenoxy) is 1. The average Bonchev–Trinajstić information content (AvgIpc) is 2.46. The molecular weight excluding hydrogens is 284 g/mol. The Hall–Kier alpha value is -2.05. The summed E-state index contributed by atoms with van der Waals surface area (Å²) < 4.78 is 6.00. The first-order valence-electron chi connectivity index (χ1n) is 8.11. The van der Waals surface area contributed by atoms with Crippen LogP contribution in [0.2, 0.25) is 0 Å². The lowest BCUT2D eigenvalue weighted by Crippen LogP contribution is -2.27. The number of rotatable bonds is 8. The molecular formula is C21H28O2. The van der Waals surface area contributed by atoms with Crippen molar-refractivity contribution < 1.29 is 9.53 Å². The maximum absolute atomic E-state index is 11.1. The van der Waals surface area contributed by atoms with Crippen molar-refractivity contribution in [2.75, 3.05) is 0 Å². The second kappa shape index (κ2) is 9.17. The maximum atomic E-state index is 11.1. The Kier molecular flexibility index (Phi) is 7.57. The lowest BCUT2D eigenvalue weighted by Gasteiger charge is -2.25. The van der Waals surface area contributed by atoms with E-state index < -0.39 is 0 Å². The van der Waals surface area contributed by atoms with Gasteiger partial charge in [0.15, 0.2) is 6.29 Å². The molecule has 1 rings (SSSR count). The third-order valence-electron chi connectivity index (χ3n) is 3.45. The minimum atomic E-state index is -0.383.